The summed E-state index contributed by atoms with van der Waals surface area (Å²) in [6.45, 7) is 0. The Labute approximate surface area is 157 Å². The number of ether oxygens (including phenoxy) is 3. The molecule has 6 nitrogen and oxygen atoms in total. The molecule has 0 unspecified atom stereocenters. The van der Waals surface area contributed by atoms with E-state index in [1.807, 2.05) is 35.6 Å². The third-order valence-electron chi connectivity index (χ3n) is 5.28. The van der Waals surface area contributed by atoms with E-state index in [1.165, 1.54) is 7.11 Å². The maximum absolute atomic E-state index is 12.4. The minimum atomic E-state index is -0.317. The highest BCUT2D eigenvalue weighted by atomic mass is 16.5. The number of para-hydroxylation sites is 2. The van der Waals surface area contributed by atoms with E-state index in [4.69, 9.17) is 14.2 Å². The van der Waals surface area contributed by atoms with Crippen molar-refractivity contribution in [1.29, 1.82) is 0 Å². The lowest BCUT2D eigenvalue weighted by Crippen LogP contribution is -2.94. The van der Waals surface area contributed by atoms with Crippen molar-refractivity contribution in [3.05, 3.63) is 59.3 Å². The molecule has 0 aliphatic carbocycles. The lowest BCUT2D eigenvalue weighted by Gasteiger charge is -2.28. The molecule has 0 spiro atoms. The number of nitrogens with one attached hydrogen (secondary N) is 1. The van der Waals surface area contributed by atoms with Gasteiger partial charge in [0.1, 0.15) is 0 Å². The molecule has 3 N–H and O–H groups in total. The smallest absolute Gasteiger partial charge is 0.364 e. The number of hydrogen-bond acceptors (Lipinski definition) is 4. The summed E-state index contributed by atoms with van der Waals surface area (Å²) in [5.74, 6) is 1.12. The number of aromatic nitrogens is 1. The van der Waals surface area contributed by atoms with Crippen LogP contribution in [0.4, 0.5) is 0 Å². The number of benzene rings is 2. The predicted octanol–water partition coefficient (Wildman–Crippen LogP) is 1.94. The normalized spacial score (nSPS) is 18.8. The Kier molecular flexibility index (Phi) is 4.49. The fourth-order valence-corrected chi connectivity index (χ4v) is 4.05. The van der Waals surface area contributed by atoms with Crippen LogP contribution in [0.25, 0.3) is 10.9 Å². The summed E-state index contributed by atoms with van der Waals surface area (Å²) in [7, 11) is 4.69. The summed E-state index contributed by atoms with van der Waals surface area (Å²) in [6.07, 6.45) is 0.620. The van der Waals surface area contributed by atoms with Crippen LogP contribution in [0, 0.1) is 0 Å². The zero-order valence-corrected chi connectivity index (χ0v) is 15.6. The lowest BCUT2D eigenvalue weighted by atomic mass is 9.90. The zero-order valence-electron chi connectivity index (χ0n) is 15.6. The molecule has 0 saturated carbocycles. The zero-order chi connectivity index (χ0) is 19.0. The maximum atomic E-state index is 12.4. The minimum absolute atomic E-state index is 0.129. The first-order chi connectivity index (χ1) is 13.2. The van der Waals surface area contributed by atoms with Crippen LogP contribution >= 0.6 is 0 Å². The van der Waals surface area contributed by atoms with Crippen molar-refractivity contribution in [2.75, 3.05) is 21.3 Å². The number of H-pyrrole nitrogens is 1. The van der Waals surface area contributed by atoms with E-state index in [0.717, 1.165) is 27.7 Å². The van der Waals surface area contributed by atoms with Gasteiger partial charge in [0.05, 0.1) is 32.6 Å². The molecular weight excluding hydrogens is 344 g/mol. The molecule has 1 aromatic heterocycles. The van der Waals surface area contributed by atoms with Gasteiger partial charge in [-0.1, -0.05) is 24.3 Å². The number of carbonyl (C=O) groups is 1. The summed E-state index contributed by atoms with van der Waals surface area (Å²) < 4.78 is 16.2. The van der Waals surface area contributed by atoms with Gasteiger partial charge >= 0.3 is 5.97 Å². The van der Waals surface area contributed by atoms with E-state index >= 15 is 0 Å². The van der Waals surface area contributed by atoms with Crippen molar-refractivity contribution >= 4 is 16.9 Å². The van der Waals surface area contributed by atoms with E-state index in [9.17, 15) is 4.79 Å². The Morgan fingerprint density at radius 2 is 1.89 bits per heavy atom. The van der Waals surface area contributed by atoms with Gasteiger partial charge in [0.2, 0.25) is 0 Å². The number of esters is 1. The lowest BCUT2D eigenvalue weighted by molar-refractivity contribution is -0.712. The van der Waals surface area contributed by atoms with Gasteiger partial charge in [-0.15, -0.1) is 0 Å². The quantitative estimate of drug-likeness (QED) is 0.691. The molecule has 140 valence electrons. The van der Waals surface area contributed by atoms with E-state index in [2.05, 4.69) is 17.1 Å². The number of rotatable bonds is 4. The fraction of sp³-hybridized carbons (Fsp3) is 0.286. The van der Waals surface area contributed by atoms with Crippen LogP contribution in [0.2, 0.25) is 0 Å². The van der Waals surface area contributed by atoms with E-state index < -0.39 is 0 Å². The Hall–Kier alpha value is -2.99. The summed E-state index contributed by atoms with van der Waals surface area (Å²) in [5, 5.41) is 3.18. The van der Waals surface area contributed by atoms with Crippen molar-refractivity contribution < 1.29 is 24.3 Å². The molecule has 27 heavy (non-hydrogen) atoms. The summed E-state index contributed by atoms with van der Waals surface area (Å²) in [6, 6.07) is 13.5. The number of hydrogen-bond donors (Lipinski definition) is 2. The molecule has 6 heteroatoms. The van der Waals surface area contributed by atoms with Crippen molar-refractivity contribution in [2.24, 2.45) is 0 Å². The molecule has 1 aliphatic heterocycles. The third-order valence-corrected chi connectivity index (χ3v) is 5.28. The molecule has 0 amide bonds. The largest absolute Gasteiger partial charge is 0.493 e. The summed E-state index contributed by atoms with van der Waals surface area (Å²) >= 11 is 0. The van der Waals surface area contributed by atoms with Crippen LogP contribution in [0.5, 0.6) is 11.5 Å². The minimum Gasteiger partial charge on any atom is -0.493 e. The molecular formula is C21H23N2O4+. The highest BCUT2D eigenvalue weighted by molar-refractivity contribution is 5.86. The molecule has 0 saturated heterocycles. The molecule has 3 aromatic rings. The molecule has 4 rings (SSSR count). The third kappa shape index (κ3) is 2.82. The van der Waals surface area contributed by atoms with Crippen molar-refractivity contribution in [2.45, 2.75) is 18.5 Å². The van der Waals surface area contributed by atoms with Crippen LogP contribution < -0.4 is 14.8 Å². The molecule has 2 atom stereocenters. The van der Waals surface area contributed by atoms with Gasteiger partial charge in [-0.05, 0) is 23.8 Å². The van der Waals surface area contributed by atoms with Crippen LogP contribution in [-0.2, 0) is 16.0 Å². The van der Waals surface area contributed by atoms with E-state index in [0.29, 0.717) is 17.9 Å². The first kappa shape index (κ1) is 17.4. The average Bonchev–Trinajstić information content (AvgIpc) is 3.10. The molecule has 0 radical (unpaired) electrons. The standard InChI is InChI=1S/C21H22N2O4/c1-25-17-10-6-8-13(20(17)26-2)18-19-14(11-16(23-18)21(24)27-3)12-7-4-5-9-15(12)22-19/h4-10,16,18,22-23H,11H2,1-3H3/p+1/t16-,18-/m1/s1. The topological polar surface area (TPSA) is 77.2 Å². The number of fused-ring (bicyclic) bond motifs is 3. The molecule has 2 aromatic carbocycles. The summed E-state index contributed by atoms with van der Waals surface area (Å²) in [5.41, 5.74) is 4.26. The van der Waals surface area contributed by atoms with Gasteiger partial charge in [-0.25, -0.2) is 4.79 Å². The second kappa shape index (κ2) is 6.96. The second-order valence-corrected chi connectivity index (χ2v) is 6.65. The van der Waals surface area contributed by atoms with Gasteiger partial charge in [0.25, 0.3) is 0 Å². The second-order valence-electron chi connectivity index (χ2n) is 6.65. The first-order valence-corrected chi connectivity index (χ1v) is 8.91. The molecule has 1 aliphatic rings. The predicted molar refractivity (Wildman–Crippen MR) is 101 cm³/mol. The van der Waals surface area contributed by atoms with Crippen LogP contribution in [0.3, 0.4) is 0 Å². The SMILES string of the molecule is COC(=O)[C@H]1Cc2c([nH]c3ccccc23)[C@@H](c2cccc(OC)c2OC)[NH2+]1. The van der Waals surface area contributed by atoms with Crippen LogP contribution in [-0.4, -0.2) is 38.3 Å². The van der Waals surface area contributed by atoms with Crippen molar-refractivity contribution in [3.63, 3.8) is 0 Å². The number of methoxy groups -OCH3 is 3. The van der Waals surface area contributed by atoms with E-state index in [-0.39, 0.29) is 18.1 Å². The van der Waals surface area contributed by atoms with Gasteiger partial charge < -0.3 is 24.5 Å². The molecule has 2 heterocycles. The molecule has 0 fully saturated rings. The average molecular weight is 367 g/mol. The number of aromatic amines is 1. The van der Waals surface area contributed by atoms with E-state index in [1.54, 1.807) is 14.2 Å². The highest BCUT2D eigenvalue weighted by Crippen LogP contribution is 2.39. The number of nitrogens with two attached hydrogens (primary N) is 1. The van der Waals surface area contributed by atoms with Gasteiger partial charge in [0, 0.05) is 17.3 Å². The fourth-order valence-electron chi connectivity index (χ4n) is 4.05. The van der Waals surface area contributed by atoms with Crippen molar-refractivity contribution in [1.82, 2.24) is 4.98 Å². The van der Waals surface area contributed by atoms with Crippen LogP contribution in [0.15, 0.2) is 42.5 Å². The first-order valence-electron chi connectivity index (χ1n) is 8.91. The Balaban J connectivity index is 1.92. The highest BCUT2D eigenvalue weighted by Gasteiger charge is 2.39. The van der Waals surface area contributed by atoms with Gasteiger partial charge in [0.15, 0.2) is 23.6 Å². The number of carbonyl (C=O) groups excluding carboxylic acids is 1. The van der Waals surface area contributed by atoms with Gasteiger partial charge in [-0.2, -0.15) is 0 Å². The maximum Gasteiger partial charge on any atom is 0.364 e. The Bertz CT molecular complexity index is 995. The Morgan fingerprint density at radius 3 is 2.63 bits per heavy atom. The van der Waals surface area contributed by atoms with Crippen molar-refractivity contribution in [3.8, 4) is 11.5 Å². The van der Waals surface area contributed by atoms with Crippen LogP contribution in [0.1, 0.15) is 22.9 Å². The molecule has 0 bridgehead atoms. The van der Waals surface area contributed by atoms with Gasteiger partial charge in [-0.3, -0.25) is 0 Å². The Morgan fingerprint density at radius 1 is 1.07 bits per heavy atom. The monoisotopic (exact) mass is 367 g/mol. The number of quaternary nitrogens is 1. The summed E-state index contributed by atoms with van der Waals surface area (Å²) in [4.78, 5) is 15.9.